The second-order valence-electron chi connectivity index (χ2n) is 6.50. The summed E-state index contributed by atoms with van der Waals surface area (Å²) in [6.07, 6.45) is -1.66. The Balaban J connectivity index is 1.88. The molecule has 0 saturated carbocycles. The molecule has 0 unspecified atom stereocenters. The van der Waals surface area contributed by atoms with E-state index in [1.807, 2.05) is 30.6 Å². The number of fused-ring (bicyclic) bond motifs is 1. The highest BCUT2D eigenvalue weighted by Crippen LogP contribution is 2.35. The Labute approximate surface area is 173 Å². The molecule has 0 atom stereocenters. The first-order valence-corrected chi connectivity index (χ1v) is 9.07. The summed E-state index contributed by atoms with van der Waals surface area (Å²) in [6.45, 7) is 1.91. The second-order valence-corrected chi connectivity index (χ2v) is 6.84. The van der Waals surface area contributed by atoms with Crippen molar-refractivity contribution in [1.29, 1.82) is 0 Å². The number of pyridine rings is 1. The lowest BCUT2D eigenvalue weighted by molar-refractivity contribution is -0.167. The Morgan fingerprint density at radius 2 is 1.97 bits per heavy atom. The minimum Gasteiger partial charge on any atom is -0.318 e. The first-order valence-electron chi connectivity index (χ1n) is 8.69. The van der Waals surface area contributed by atoms with E-state index in [2.05, 4.69) is 15.1 Å². The monoisotopic (exact) mass is 431 g/mol. The number of nitrogens with one attached hydrogen (secondary N) is 1. The van der Waals surface area contributed by atoms with Gasteiger partial charge in [-0.05, 0) is 48.4 Å². The average molecular weight is 432 g/mol. The molecule has 0 aliphatic rings. The third-order valence-electron chi connectivity index (χ3n) is 4.31. The molecule has 1 N–H and O–H groups in total. The predicted molar refractivity (Wildman–Crippen MR) is 106 cm³/mol. The number of nitrogens with zero attached hydrogens (tertiary/aromatic N) is 4. The van der Waals surface area contributed by atoms with E-state index in [4.69, 9.17) is 11.6 Å². The molecule has 1 amide bonds. The fourth-order valence-corrected chi connectivity index (χ4v) is 3.17. The predicted octanol–water partition coefficient (Wildman–Crippen LogP) is 4.92. The van der Waals surface area contributed by atoms with Crippen molar-refractivity contribution in [2.45, 2.75) is 13.1 Å². The van der Waals surface area contributed by atoms with E-state index in [0.29, 0.717) is 22.5 Å². The number of aromatic nitrogens is 4. The normalized spacial score (nSPS) is 11.6. The van der Waals surface area contributed by atoms with E-state index in [1.54, 1.807) is 16.6 Å². The molecule has 4 rings (SSSR count). The Hall–Kier alpha value is -3.46. The molecule has 0 aliphatic carbocycles. The number of hydrogen-bond acceptors (Lipinski definition) is 4. The first kappa shape index (κ1) is 19.8. The first-order chi connectivity index (χ1) is 14.2. The van der Waals surface area contributed by atoms with E-state index in [0.717, 1.165) is 11.1 Å². The highest BCUT2D eigenvalue weighted by atomic mass is 35.5. The quantitative estimate of drug-likeness (QED) is 0.467. The van der Waals surface area contributed by atoms with Crippen molar-refractivity contribution < 1.29 is 18.0 Å². The lowest BCUT2D eigenvalue weighted by Gasteiger charge is -2.09. The van der Waals surface area contributed by atoms with Gasteiger partial charge in [-0.25, -0.2) is 14.5 Å². The van der Waals surface area contributed by atoms with Gasteiger partial charge in [-0.2, -0.15) is 18.3 Å². The maximum atomic E-state index is 12.6. The van der Waals surface area contributed by atoms with Crippen LogP contribution in [0, 0.1) is 6.92 Å². The molecule has 0 fully saturated rings. The topological polar surface area (TPSA) is 72.2 Å². The lowest BCUT2D eigenvalue weighted by atomic mass is 10.0. The number of benzene rings is 1. The maximum absolute atomic E-state index is 12.6. The van der Waals surface area contributed by atoms with E-state index >= 15 is 0 Å². The van der Waals surface area contributed by atoms with E-state index in [9.17, 15) is 18.0 Å². The number of amides is 1. The van der Waals surface area contributed by atoms with Crippen LogP contribution < -0.4 is 5.32 Å². The van der Waals surface area contributed by atoms with Crippen molar-refractivity contribution >= 4 is 28.7 Å². The Morgan fingerprint density at radius 3 is 2.70 bits per heavy atom. The number of rotatable bonds is 3. The summed E-state index contributed by atoms with van der Waals surface area (Å²) in [5, 5.41) is 6.51. The lowest BCUT2D eigenvalue weighted by Crippen LogP contribution is -2.29. The number of carbonyl (C=O) groups is 1. The largest absolute Gasteiger partial charge is 0.471 e. The van der Waals surface area contributed by atoms with Crippen molar-refractivity contribution in [1.82, 2.24) is 19.6 Å². The summed E-state index contributed by atoms with van der Waals surface area (Å²) < 4.78 is 39.5. The summed E-state index contributed by atoms with van der Waals surface area (Å²) in [7, 11) is 0. The van der Waals surface area contributed by atoms with Gasteiger partial charge in [-0.1, -0.05) is 18.2 Å². The molecule has 4 aromatic rings. The summed E-state index contributed by atoms with van der Waals surface area (Å²) in [4.78, 5) is 19.4. The van der Waals surface area contributed by atoms with Crippen LogP contribution in [0.2, 0.25) is 5.28 Å². The average Bonchev–Trinajstić information content (AvgIpc) is 3.06. The van der Waals surface area contributed by atoms with Gasteiger partial charge >= 0.3 is 12.1 Å². The van der Waals surface area contributed by atoms with Crippen LogP contribution in [0.3, 0.4) is 0 Å². The Morgan fingerprint density at radius 1 is 1.17 bits per heavy atom. The molecule has 3 heterocycles. The molecule has 1 aromatic carbocycles. The molecule has 0 aliphatic heterocycles. The number of alkyl halides is 3. The molecule has 0 radical (unpaired) electrons. The zero-order valence-electron chi connectivity index (χ0n) is 15.4. The third-order valence-corrected chi connectivity index (χ3v) is 4.49. The molecule has 30 heavy (non-hydrogen) atoms. The second kappa shape index (κ2) is 7.42. The number of aryl methyl sites for hydroxylation is 1. The minimum atomic E-state index is -4.99. The molecular weight excluding hydrogens is 419 g/mol. The van der Waals surface area contributed by atoms with E-state index < -0.39 is 12.1 Å². The van der Waals surface area contributed by atoms with E-state index in [-0.39, 0.29) is 11.0 Å². The number of carbonyl (C=O) groups excluding carboxylic acids is 1. The summed E-state index contributed by atoms with van der Waals surface area (Å²) in [5.74, 6) is -2.05. The summed E-state index contributed by atoms with van der Waals surface area (Å²) in [5.41, 5.74) is 3.81. The van der Waals surface area contributed by atoms with Crippen LogP contribution in [0.1, 0.15) is 5.56 Å². The molecule has 152 valence electrons. The maximum Gasteiger partial charge on any atom is 0.471 e. The number of halogens is 4. The van der Waals surface area contributed by atoms with Gasteiger partial charge in [0.25, 0.3) is 0 Å². The SMILES string of the molecule is Cc1ccc2c(-c3ccnc(Cl)n3)c(-c3cccc(NC(=O)C(F)(F)F)c3)nn2c1. The van der Waals surface area contributed by atoms with Gasteiger partial charge in [-0.15, -0.1) is 0 Å². The van der Waals surface area contributed by atoms with Gasteiger partial charge < -0.3 is 5.32 Å². The van der Waals surface area contributed by atoms with Crippen LogP contribution in [0.5, 0.6) is 0 Å². The molecule has 0 spiro atoms. The van der Waals surface area contributed by atoms with Gasteiger partial charge in [0, 0.05) is 23.6 Å². The fraction of sp³-hybridized carbons (Fsp3) is 0.100. The van der Waals surface area contributed by atoms with Gasteiger partial charge in [-0.3, -0.25) is 4.79 Å². The zero-order chi connectivity index (χ0) is 21.5. The van der Waals surface area contributed by atoms with Crippen molar-refractivity contribution in [2.75, 3.05) is 5.32 Å². The van der Waals surface area contributed by atoms with Crippen LogP contribution >= 0.6 is 11.6 Å². The number of anilines is 1. The van der Waals surface area contributed by atoms with E-state index in [1.165, 1.54) is 24.4 Å². The summed E-state index contributed by atoms with van der Waals surface area (Å²) >= 11 is 5.96. The van der Waals surface area contributed by atoms with Crippen LogP contribution in [-0.2, 0) is 4.79 Å². The molecule has 0 bridgehead atoms. The minimum absolute atomic E-state index is 0.00488. The van der Waals surface area contributed by atoms with Crippen LogP contribution in [0.25, 0.3) is 28.0 Å². The molecule has 6 nitrogen and oxygen atoms in total. The highest BCUT2D eigenvalue weighted by molar-refractivity contribution is 6.28. The standard InChI is InChI=1S/C20H13ClF3N5O/c1-11-5-6-15-16(14-7-8-25-19(21)27-14)17(28-29(15)10-11)12-3-2-4-13(9-12)26-18(30)20(22,23)24/h2-10H,1H3,(H,26,30). The van der Waals surface area contributed by atoms with Crippen molar-refractivity contribution in [3.8, 4) is 22.5 Å². The smallest absolute Gasteiger partial charge is 0.318 e. The Bertz CT molecular complexity index is 1270. The van der Waals surface area contributed by atoms with Gasteiger partial charge in [0.1, 0.15) is 5.69 Å². The molecular formula is C20H13ClF3N5O. The van der Waals surface area contributed by atoms with Crippen LogP contribution in [0.15, 0.2) is 54.9 Å². The molecule has 0 saturated heterocycles. The van der Waals surface area contributed by atoms with Crippen molar-refractivity contribution in [3.63, 3.8) is 0 Å². The van der Waals surface area contributed by atoms with Gasteiger partial charge in [0.05, 0.1) is 16.8 Å². The fourth-order valence-electron chi connectivity index (χ4n) is 3.03. The number of hydrogen-bond donors (Lipinski definition) is 1. The summed E-state index contributed by atoms with van der Waals surface area (Å²) in [6, 6.07) is 11.5. The molecule has 10 heteroatoms. The Kier molecular flexibility index (Phi) is 4.90. The van der Waals surface area contributed by atoms with Crippen molar-refractivity contribution in [3.05, 3.63) is 65.7 Å². The van der Waals surface area contributed by atoms with Gasteiger partial charge in [0.2, 0.25) is 5.28 Å². The zero-order valence-corrected chi connectivity index (χ0v) is 16.2. The molecule has 3 aromatic heterocycles. The van der Waals surface area contributed by atoms with Crippen LogP contribution in [0.4, 0.5) is 18.9 Å². The van der Waals surface area contributed by atoms with Crippen LogP contribution in [-0.4, -0.2) is 31.7 Å². The van der Waals surface area contributed by atoms with Gasteiger partial charge in [0.15, 0.2) is 0 Å². The van der Waals surface area contributed by atoms with Crippen molar-refractivity contribution in [2.24, 2.45) is 0 Å². The highest BCUT2D eigenvalue weighted by Gasteiger charge is 2.38. The third kappa shape index (κ3) is 3.84.